The van der Waals surface area contributed by atoms with Crippen LogP contribution in [-0.2, 0) is 11.0 Å². The van der Waals surface area contributed by atoms with Gasteiger partial charge in [-0.15, -0.1) is 5.10 Å². The number of amides is 2. The first-order chi connectivity index (χ1) is 16.7. The Balaban J connectivity index is 1.22. The Hall–Kier alpha value is -3.96. The highest BCUT2D eigenvalue weighted by Crippen LogP contribution is 2.30. The van der Waals surface area contributed by atoms with Gasteiger partial charge in [-0.25, -0.2) is 9.07 Å². The van der Waals surface area contributed by atoms with E-state index in [4.69, 9.17) is 4.74 Å². The number of nitrogens with one attached hydrogen (secondary N) is 1. The van der Waals surface area contributed by atoms with Crippen LogP contribution >= 0.6 is 0 Å². The molecule has 184 valence electrons. The standard InChI is InChI=1S/C23H21F4N5O3/c24-16-2-1-3-17(12-16)32-14-20(29-30-32)22(34)28-13-21(33)31-10-8-19(9-11-31)35-18-6-4-15(5-7-18)23(25,26)27/h1-7,12,14,19H,8-11,13H2,(H,28,34). The number of aromatic nitrogens is 3. The van der Waals surface area contributed by atoms with E-state index in [-0.39, 0.29) is 24.2 Å². The van der Waals surface area contributed by atoms with Crippen molar-refractivity contribution in [2.45, 2.75) is 25.1 Å². The molecule has 2 amide bonds. The maximum absolute atomic E-state index is 13.4. The molecule has 2 aromatic carbocycles. The summed E-state index contributed by atoms with van der Waals surface area (Å²) in [4.78, 5) is 26.4. The third-order valence-corrected chi connectivity index (χ3v) is 5.48. The lowest BCUT2D eigenvalue weighted by molar-refractivity contribution is -0.137. The number of halogens is 4. The summed E-state index contributed by atoms with van der Waals surface area (Å²) in [5.41, 5.74) is -0.372. The van der Waals surface area contributed by atoms with Crippen molar-refractivity contribution in [1.82, 2.24) is 25.2 Å². The zero-order valence-electron chi connectivity index (χ0n) is 18.3. The Morgan fingerprint density at radius 3 is 2.46 bits per heavy atom. The largest absolute Gasteiger partial charge is 0.490 e. The maximum Gasteiger partial charge on any atom is 0.416 e. The lowest BCUT2D eigenvalue weighted by atomic mass is 10.1. The topological polar surface area (TPSA) is 89.4 Å². The van der Waals surface area contributed by atoms with E-state index in [0.29, 0.717) is 37.4 Å². The van der Waals surface area contributed by atoms with Gasteiger partial charge in [-0.05, 0) is 42.5 Å². The third kappa shape index (κ3) is 6.14. The van der Waals surface area contributed by atoms with Crippen molar-refractivity contribution in [3.8, 4) is 11.4 Å². The lowest BCUT2D eigenvalue weighted by Gasteiger charge is -2.32. The van der Waals surface area contributed by atoms with Gasteiger partial charge in [-0.2, -0.15) is 13.2 Å². The van der Waals surface area contributed by atoms with Gasteiger partial charge in [-0.3, -0.25) is 9.59 Å². The zero-order chi connectivity index (χ0) is 25.0. The van der Waals surface area contributed by atoms with Crippen molar-refractivity contribution in [2.24, 2.45) is 0 Å². The molecule has 2 heterocycles. The average Bonchev–Trinajstić information content (AvgIpc) is 3.33. The van der Waals surface area contributed by atoms with Crippen molar-refractivity contribution < 1.29 is 31.9 Å². The van der Waals surface area contributed by atoms with Gasteiger partial charge in [-0.1, -0.05) is 11.3 Å². The Kier molecular flexibility index (Phi) is 6.99. The SMILES string of the molecule is O=C(NCC(=O)N1CCC(Oc2ccc(C(F)(F)F)cc2)CC1)c1cn(-c2cccc(F)c2)nn1. The number of piperidine rings is 1. The van der Waals surface area contributed by atoms with Gasteiger partial charge < -0.3 is 15.0 Å². The zero-order valence-corrected chi connectivity index (χ0v) is 18.3. The van der Waals surface area contributed by atoms with Crippen LogP contribution in [0.25, 0.3) is 5.69 Å². The van der Waals surface area contributed by atoms with Gasteiger partial charge in [0.1, 0.15) is 17.7 Å². The molecule has 12 heteroatoms. The molecule has 8 nitrogen and oxygen atoms in total. The molecule has 1 saturated heterocycles. The highest BCUT2D eigenvalue weighted by atomic mass is 19.4. The maximum atomic E-state index is 13.4. The van der Waals surface area contributed by atoms with Gasteiger partial charge in [0.2, 0.25) is 5.91 Å². The van der Waals surface area contributed by atoms with Crippen LogP contribution in [0.15, 0.2) is 54.7 Å². The van der Waals surface area contributed by atoms with E-state index in [9.17, 15) is 27.2 Å². The first-order valence-corrected chi connectivity index (χ1v) is 10.8. The highest BCUT2D eigenvalue weighted by Gasteiger charge is 2.30. The van der Waals surface area contributed by atoms with Gasteiger partial charge >= 0.3 is 6.18 Å². The van der Waals surface area contributed by atoms with E-state index in [1.54, 1.807) is 11.0 Å². The summed E-state index contributed by atoms with van der Waals surface area (Å²) in [5, 5.41) is 10.1. The van der Waals surface area contributed by atoms with Gasteiger partial charge in [0.25, 0.3) is 5.91 Å². The number of carbonyl (C=O) groups excluding carboxylic acids is 2. The van der Waals surface area contributed by atoms with E-state index in [1.165, 1.54) is 41.2 Å². The van der Waals surface area contributed by atoms with E-state index in [1.807, 2.05) is 0 Å². The van der Waals surface area contributed by atoms with E-state index >= 15 is 0 Å². The summed E-state index contributed by atoms with van der Waals surface area (Å²) < 4.78 is 58.4. The molecule has 1 fully saturated rings. The number of hydrogen-bond donors (Lipinski definition) is 1. The lowest BCUT2D eigenvalue weighted by Crippen LogP contribution is -2.46. The minimum Gasteiger partial charge on any atom is -0.490 e. The Morgan fingerprint density at radius 1 is 1.09 bits per heavy atom. The summed E-state index contributed by atoms with van der Waals surface area (Å²) in [6.07, 6.45) is -2.30. The van der Waals surface area contributed by atoms with Gasteiger partial charge in [0.15, 0.2) is 5.69 Å². The normalized spacial score (nSPS) is 14.6. The number of rotatable bonds is 6. The summed E-state index contributed by atoms with van der Waals surface area (Å²) in [6, 6.07) is 10.1. The first kappa shape index (κ1) is 24.2. The number of carbonyl (C=O) groups is 2. The molecule has 4 rings (SSSR count). The molecule has 1 N–H and O–H groups in total. The molecular weight excluding hydrogens is 470 g/mol. The second kappa shape index (κ2) is 10.1. The number of nitrogens with zero attached hydrogens (tertiary/aromatic N) is 4. The van der Waals surface area contributed by atoms with Crippen LogP contribution in [0.1, 0.15) is 28.9 Å². The number of alkyl halides is 3. The number of ether oxygens (including phenoxy) is 1. The minimum atomic E-state index is -4.41. The quantitative estimate of drug-likeness (QED) is 0.535. The summed E-state index contributed by atoms with van der Waals surface area (Å²) in [6.45, 7) is 0.529. The summed E-state index contributed by atoms with van der Waals surface area (Å²) >= 11 is 0. The van der Waals surface area contributed by atoms with Crippen LogP contribution in [0.4, 0.5) is 17.6 Å². The Labute approximate surface area is 197 Å². The smallest absolute Gasteiger partial charge is 0.416 e. The molecule has 1 aromatic heterocycles. The fraction of sp³-hybridized carbons (Fsp3) is 0.304. The predicted molar refractivity (Wildman–Crippen MR) is 115 cm³/mol. The Morgan fingerprint density at radius 2 is 1.80 bits per heavy atom. The van der Waals surface area contributed by atoms with E-state index in [0.717, 1.165) is 12.1 Å². The molecule has 0 spiro atoms. The monoisotopic (exact) mass is 491 g/mol. The fourth-order valence-corrected chi connectivity index (χ4v) is 3.61. The van der Waals surface area contributed by atoms with Crippen LogP contribution in [0.2, 0.25) is 0 Å². The Bertz CT molecular complexity index is 1190. The van der Waals surface area contributed by atoms with Crippen molar-refractivity contribution >= 4 is 11.8 Å². The van der Waals surface area contributed by atoms with Crippen LogP contribution in [0.3, 0.4) is 0 Å². The second-order valence-electron chi connectivity index (χ2n) is 7.93. The number of likely N-dealkylation sites (tertiary alicyclic amines) is 1. The molecule has 0 unspecified atom stereocenters. The van der Waals surface area contributed by atoms with Gasteiger partial charge in [0, 0.05) is 25.9 Å². The van der Waals surface area contributed by atoms with Crippen molar-refractivity contribution in [1.29, 1.82) is 0 Å². The molecule has 35 heavy (non-hydrogen) atoms. The fourth-order valence-electron chi connectivity index (χ4n) is 3.61. The van der Waals surface area contributed by atoms with Gasteiger partial charge in [0.05, 0.1) is 24.0 Å². The number of benzene rings is 2. The molecule has 0 aliphatic carbocycles. The molecule has 1 aliphatic rings. The van der Waals surface area contributed by atoms with Crippen LogP contribution < -0.4 is 10.1 Å². The highest BCUT2D eigenvalue weighted by molar-refractivity contribution is 5.94. The molecule has 0 atom stereocenters. The minimum absolute atomic E-state index is 0.0225. The van der Waals surface area contributed by atoms with Crippen LogP contribution in [0, 0.1) is 5.82 Å². The summed E-state index contributed by atoms with van der Waals surface area (Å²) in [7, 11) is 0. The molecule has 3 aromatic rings. The number of hydrogen-bond acceptors (Lipinski definition) is 5. The predicted octanol–water partition coefficient (Wildman–Crippen LogP) is 3.23. The van der Waals surface area contributed by atoms with E-state index in [2.05, 4.69) is 15.6 Å². The van der Waals surface area contributed by atoms with Crippen molar-refractivity contribution in [3.63, 3.8) is 0 Å². The molecule has 0 saturated carbocycles. The molecule has 1 aliphatic heterocycles. The summed E-state index contributed by atoms with van der Waals surface area (Å²) in [5.74, 6) is -1.00. The molecular formula is C23H21F4N5O3. The van der Waals surface area contributed by atoms with Crippen LogP contribution in [-0.4, -0.2) is 57.4 Å². The first-order valence-electron chi connectivity index (χ1n) is 10.8. The van der Waals surface area contributed by atoms with Crippen molar-refractivity contribution in [3.05, 3.63) is 71.8 Å². The van der Waals surface area contributed by atoms with E-state index < -0.39 is 23.5 Å². The van der Waals surface area contributed by atoms with Crippen LogP contribution in [0.5, 0.6) is 5.75 Å². The second-order valence-corrected chi connectivity index (χ2v) is 7.93. The molecule has 0 bridgehead atoms. The average molecular weight is 491 g/mol. The molecule has 0 radical (unpaired) electrons. The van der Waals surface area contributed by atoms with Crippen molar-refractivity contribution in [2.75, 3.05) is 19.6 Å². The third-order valence-electron chi connectivity index (χ3n) is 5.48.